The van der Waals surface area contributed by atoms with E-state index in [1.54, 1.807) is 4.90 Å². The van der Waals surface area contributed by atoms with E-state index in [0.717, 1.165) is 12.8 Å². The highest BCUT2D eigenvalue weighted by molar-refractivity contribution is 5.86. The summed E-state index contributed by atoms with van der Waals surface area (Å²) >= 11 is 0. The lowest BCUT2D eigenvalue weighted by Gasteiger charge is -2.16. The number of likely N-dealkylation sites (tertiary alicyclic amines) is 1. The summed E-state index contributed by atoms with van der Waals surface area (Å²) in [5.41, 5.74) is 2.54. The second kappa shape index (κ2) is 6.55. The van der Waals surface area contributed by atoms with Crippen molar-refractivity contribution >= 4 is 11.9 Å². The van der Waals surface area contributed by atoms with Crippen molar-refractivity contribution in [2.24, 2.45) is 5.92 Å². The lowest BCUT2D eigenvalue weighted by molar-refractivity contribution is -0.145. The Morgan fingerprint density at radius 3 is 2.55 bits per heavy atom. The Morgan fingerprint density at radius 1 is 1.30 bits per heavy atom. The zero-order valence-corrected chi connectivity index (χ0v) is 12.1. The summed E-state index contributed by atoms with van der Waals surface area (Å²) in [6, 6.07) is 8.46. The number of carbonyl (C=O) groups excluding carboxylic acids is 2. The van der Waals surface area contributed by atoms with Gasteiger partial charge in [0.2, 0.25) is 5.91 Å². The van der Waals surface area contributed by atoms with Gasteiger partial charge in [-0.3, -0.25) is 9.59 Å². The molecule has 0 N–H and O–H groups in total. The lowest BCUT2D eigenvalue weighted by Crippen LogP contribution is -2.28. The van der Waals surface area contributed by atoms with Crippen molar-refractivity contribution in [2.75, 3.05) is 20.2 Å². The van der Waals surface area contributed by atoms with Crippen molar-refractivity contribution in [3.8, 4) is 0 Å². The molecule has 1 amide bonds. The van der Waals surface area contributed by atoms with E-state index in [4.69, 9.17) is 4.74 Å². The molecule has 0 spiro atoms. The van der Waals surface area contributed by atoms with E-state index >= 15 is 0 Å². The van der Waals surface area contributed by atoms with Gasteiger partial charge in [-0.15, -0.1) is 0 Å². The standard InChI is InChI=1S/C16H21NO3/c1-3-12-4-6-13(7-5-12)8-9-17-11-14(10-15(17)18)16(19)20-2/h4-7,14H,3,8-11H2,1-2H3. The number of esters is 1. The van der Waals surface area contributed by atoms with Crippen molar-refractivity contribution in [3.05, 3.63) is 35.4 Å². The summed E-state index contributed by atoms with van der Waals surface area (Å²) in [6.45, 7) is 3.28. The van der Waals surface area contributed by atoms with Crippen molar-refractivity contribution < 1.29 is 14.3 Å². The van der Waals surface area contributed by atoms with Gasteiger partial charge >= 0.3 is 5.97 Å². The molecule has 0 saturated carbocycles. The summed E-state index contributed by atoms with van der Waals surface area (Å²) < 4.78 is 4.70. The second-order valence-electron chi connectivity index (χ2n) is 5.18. The van der Waals surface area contributed by atoms with E-state index in [2.05, 4.69) is 31.2 Å². The largest absolute Gasteiger partial charge is 0.469 e. The fourth-order valence-electron chi connectivity index (χ4n) is 2.52. The molecule has 1 fully saturated rings. The molecule has 1 aromatic carbocycles. The fraction of sp³-hybridized carbons (Fsp3) is 0.500. The molecular formula is C16H21NO3. The van der Waals surface area contributed by atoms with Gasteiger partial charge in [-0.25, -0.2) is 0 Å². The Morgan fingerprint density at radius 2 is 1.95 bits per heavy atom. The molecule has 20 heavy (non-hydrogen) atoms. The van der Waals surface area contributed by atoms with E-state index in [1.165, 1.54) is 18.2 Å². The van der Waals surface area contributed by atoms with Gasteiger partial charge in [-0.2, -0.15) is 0 Å². The van der Waals surface area contributed by atoms with Crippen LogP contribution < -0.4 is 0 Å². The molecule has 0 aromatic heterocycles. The van der Waals surface area contributed by atoms with Gasteiger partial charge < -0.3 is 9.64 Å². The molecule has 2 rings (SSSR count). The van der Waals surface area contributed by atoms with Crippen LogP contribution in [0, 0.1) is 5.92 Å². The Labute approximate surface area is 119 Å². The summed E-state index contributed by atoms with van der Waals surface area (Å²) in [5, 5.41) is 0. The minimum absolute atomic E-state index is 0.0468. The number of benzene rings is 1. The van der Waals surface area contributed by atoms with Crippen LogP contribution in [0.1, 0.15) is 24.5 Å². The van der Waals surface area contributed by atoms with Crippen LogP contribution in [-0.4, -0.2) is 37.0 Å². The zero-order chi connectivity index (χ0) is 14.5. The average Bonchev–Trinajstić information content (AvgIpc) is 2.86. The number of hydrogen-bond acceptors (Lipinski definition) is 3. The fourth-order valence-corrected chi connectivity index (χ4v) is 2.52. The van der Waals surface area contributed by atoms with E-state index in [-0.39, 0.29) is 24.2 Å². The third-order valence-corrected chi connectivity index (χ3v) is 3.85. The van der Waals surface area contributed by atoms with Crippen LogP contribution in [0.4, 0.5) is 0 Å². The summed E-state index contributed by atoms with van der Waals surface area (Å²) in [4.78, 5) is 25.1. The molecule has 0 radical (unpaired) electrons. The highest BCUT2D eigenvalue weighted by Crippen LogP contribution is 2.19. The third-order valence-electron chi connectivity index (χ3n) is 3.85. The predicted octanol–water partition coefficient (Wildman–Crippen LogP) is 1.81. The molecule has 108 valence electrons. The maximum atomic E-state index is 11.8. The highest BCUT2D eigenvalue weighted by atomic mass is 16.5. The Hall–Kier alpha value is -1.84. The molecule has 0 bridgehead atoms. The number of rotatable bonds is 5. The molecule has 1 aliphatic rings. The van der Waals surface area contributed by atoms with Crippen LogP contribution in [0.15, 0.2) is 24.3 Å². The molecule has 1 heterocycles. The van der Waals surface area contributed by atoms with Gasteiger partial charge in [0.25, 0.3) is 0 Å². The first-order valence-electron chi connectivity index (χ1n) is 7.07. The Bertz CT molecular complexity index is 481. The minimum atomic E-state index is -0.296. The van der Waals surface area contributed by atoms with Gasteiger partial charge in [0.15, 0.2) is 0 Å². The number of hydrogen-bond donors (Lipinski definition) is 0. The molecule has 1 atom stereocenters. The van der Waals surface area contributed by atoms with Crippen LogP contribution in [0.3, 0.4) is 0 Å². The quantitative estimate of drug-likeness (QED) is 0.770. The Kier molecular flexibility index (Phi) is 4.77. The topological polar surface area (TPSA) is 46.6 Å². The maximum absolute atomic E-state index is 11.8. The first kappa shape index (κ1) is 14.6. The second-order valence-corrected chi connectivity index (χ2v) is 5.18. The summed E-state index contributed by atoms with van der Waals surface area (Å²) in [6.07, 6.45) is 2.14. The number of carbonyl (C=O) groups is 2. The monoisotopic (exact) mass is 275 g/mol. The number of aryl methyl sites for hydroxylation is 1. The van der Waals surface area contributed by atoms with Crippen LogP contribution in [0.5, 0.6) is 0 Å². The molecular weight excluding hydrogens is 254 g/mol. The highest BCUT2D eigenvalue weighted by Gasteiger charge is 2.34. The van der Waals surface area contributed by atoms with Crippen molar-refractivity contribution in [2.45, 2.75) is 26.2 Å². The van der Waals surface area contributed by atoms with E-state index in [1.807, 2.05) is 0 Å². The first-order chi connectivity index (χ1) is 9.63. The molecule has 1 unspecified atom stereocenters. The van der Waals surface area contributed by atoms with E-state index < -0.39 is 0 Å². The predicted molar refractivity (Wildman–Crippen MR) is 76.2 cm³/mol. The smallest absolute Gasteiger partial charge is 0.310 e. The van der Waals surface area contributed by atoms with Gasteiger partial charge in [0.1, 0.15) is 0 Å². The molecule has 1 aromatic rings. The summed E-state index contributed by atoms with van der Waals surface area (Å²) in [5.74, 6) is -0.534. The lowest BCUT2D eigenvalue weighted by atomic mass is 10.1. The van der Waals surface area contributed by atoms with Gasteiger partial charge in [0.05, 0.1) is 13.0 Å². The SMILES string of the molecule is CCc1ccc(CCN2CC(C(=O)OC)CC2=O)cc1. The van der Waals surface area contributed by atoms with Crippen molar-refractivity contribution in [3.63, 3.8) is 0 Å². The number of ether oxygens (including phenoxy) is 1. The number of amides is 1. The van der Waals surface area contributed by atoms with Crippen LogP contribution >= 0.6 is 0 Å². The van der Waals surface area contributed by atoms with Crippen LogP contribution in [-0.2, 0) is 27.2 Å². The zero-order valence-electron chi connectivity index (χ0n) is 12.1. The first-order valence-corrected chi connectivity index (χ1v) is 7.07. The van der Waals surface area contributed by atoms with Gasteiger partial charge in [-0.1, -0.05) is 31.2 Å². The van der Waals surface area contributed by atoms with E-state index in [9.17, 15) is 9.59 Å². The van der Waals surface area contributed by atoms with Gasteiger partial charge in [0, 0.05) is 19.5 Å². The Balaban J connectivity index is 1.87. The van der Waals surface area contributed by atoms with Gasteiger partial charge in [-0.05, 0) is 24.0 Å². The van der Waals surface area contributed by atoms with Crippen LogP contribution in [0.2, 0.25) is 0 Å². The number of nitrogens with zero attached hydrogens (tertiary/aromatic N) is 1. The normalized spacial score (nSPS) is 18.4. The van der Waals surface area contributed by atoms with E-state index in [0.29, 0.717) is 13.1 Å². The number of methoxy groups -OCH3 is 1. The molecule has 4 nitrogen and oxygen atoms in total. The molecule has 4 heteroatoms. The average molecular weight is 275 g/mol. The molecule has 1 saturated heterocycles. The minimum Gasteiger partial charge on any atom is -0.469 e. The van der Waals surface area contributed by atoms with Crippen molar-refractivity contribution in [1.29, 1.82) is 0 Å². The molecule has 1 aliphatic heterocycles. The van der Waals surface area contributed by atoms with Crippen molar-refractivity contribution in [1.82, 2.24) is 4.90 Å². The summed E-state index contributed by atoms with van der Waals surface area (Å²) in [7, 11) is 1.37. The van der Waals surface area contributed by atoms with Crippen LogP contribution in [0.25, 0.3) is 0 Å². The molecule has 0 aliphatic carbocycles. The third kappa shape index (κ3) is 3.38. The maximum Gasteiger partial charge on any atom is 0.310 e.